The summed E-state index contributed by atoms with van der Waals surface area (Å²) in [5, 5.41) is 5.90. The van der Waals surface area contributed by atoms with Gasteiger partial charge >= 0.3 is 0 Å². The summed E-state index contributed by atoms with van der Waals surface area (Å²) in [6.07, 6.45) is 0.290. The molecule has 0 bridgehead atoms. The van der Waals surface area contributed by atoms with E-state index < -0.39 is 0 Å². The largest absolute Gasteiger partial charge is 0.497 e. The van der Waals surface area contributed by atoms with E-state index >= 15 is 0 Å². The average Bonchev–Trinajstić information content (AvgIpc) is 2.75. The Bertz CT molecular complexity index is 969. The lowest BCUT2D eigenvalue weighted by atomic mass is 10.1. The predicted octanol–water partition coefficient (Wildman–Crippen LogP) is 4.37. The highest BCUT2D eigenvalue weighted by Gasteiger charge is 2.12. The van der Waals surface area contributed by atoms with E-state index in [1.807, 2.05) is 73.7 Å². The molecule has 0 aliphatic heterocycles. The Kier molecular flexibility index (Phi) is 6.63. The summed E-state index contributed by atoms with van der Waals surface area (Å²) in [6, 6.07) is 23.8. The maximum atomic E-state index is 12.4. The Morgan fingerprint density at radius 1 is 0.931 bits per heavy atom. The fourth-order valence-electron chi connectivity index (χ4n) is 2.98. The zero-order valence-corrected chi connectivity index (χ0v) is 16.5. The first-order valence-electron chi connectivity index (χ1n) is 9.44. The van der Waals surface area contributed by atoms with Crippen molar-refractivity contribution in [3.63, 3.8) is 0 Å². The Morgan fingerprint density at radius 3 is 2.34 bits per heavy atom. The number of benzene rings is 3. The number of ether oxygens (including phenoxy) is 1. The first-order chi connectivity index (χ1) is 14.0. The van der Waals surface area contributed by atoms with Crippen molar-refractivity contribution in [3.05, 3.63) is 95.6 Å². The SMILES string of the molecule is COc1ccc(CC(=O)N[C@H](C)c2cccc(NC(=O)c3ccccc3)c2)cc1. The molecule has 5 heteroatoms. The van der Waals surface area contributed by atoms with E-state index in [4.69, 9.17) is 4.74 Å². The number of anilines is 1. The van der Waals surface area contributed by atoms with Crippen LogP contribution in [0, 0.1) is 0 Å². The maximum absolute atomic E-state index is 12.4. The highest BCUT2D eigenvalue weighted by Crippen LogP contribution is 2.19. The van der Waals surface area contributed by atoms with E-state index in [0.29, 0.717) is 17.7 Å². The van der Waals surface area contributed by atoms with E-state index in [-0.39, 0.29) is 17.9 Å². The van der Waals surface area contributed by atoms with Crippen molar-refractivity contribution < 1.29 is 14.3 Å². The lowest BCUT2D eigenvalue weighted by molar-refractivity contribution is -0.121. The quantitative estimate of drug-likeness (QED) is 0.632. The van der Waals surface area contributed by atoms with Gasteiger partial charge in [0.05, 0.1) is 19.6 Å². The van der Waals surface area contributed by atoms with Crippen LogP contribution in [-0.2, 0) is 11.2 Å². The molecule has 0 saturated heterocycles. The minimum Gasteiger partial charge on any atom is -0.497 e. The van der Waals surface area contributed by atoms with Crippen LogP contribution in [0.4, 0.5) is 5.69 Å². The van der Waals surface area contributed by atoms with Crippen LogP contribution in [0.3, 0.4) is 0 Å². The van der Waals surface area contributed by atoms with Crippen molar-refractivity contribution in [2.24, 2.45) is 0 Å². The maximum Gasteiger partial charge on any atom is 0.255 e. The number of carbonyl (C=O) groups is 2. The molecule has 0 radical (unpaired) electrons. The van der Waals surface area contributed by atoms with Gasteiger partial charge in [0, 0.05) is 11.3 Å². The van der Waals surface area contributed by atoms with Gasteiger partial charge in [0.1, 0.15) is 5.75 Å². The van der Waals surface area contributed by atoms with Crippen LogP contribution in [0.1, 0.15) is 34.5 Å². The van der Waals surface area contributed by atoms with Gasteiger partial charge in [-0.2, -0.15) is 0 Å². The molecule has 2 amide bonds. The van der Waals surface area contributed by atoms with Crippen LogP contribution in [-0.4, -0.2) is 18.9 Å². The fourth-order valence-corrected chi connectivity index (χ4v) is 2.98. The molecule has 5 nitrogen and oxygen atoms in total. The van der Waals surface area contributed by atoms with Crippen LogP contribution in [0.15, 0.2) is 78.9 Å². The molecule has 0 fully saturated rings. The highest BCUT2D eigenvalue weighted by atomic mass is 16.5. The number of rotatable bonds is 7. The Balaban J connectivity index is 1.60. The topological polar surface area (TPSA) is 67.4 Å². The first-order valence-corrected chi connectivity index (χ1v) is 9.44. The Hall–Kier alpha value is -3.60. The monoisotopic (exact) mass is 388 g/mol. The molecule has 3 rings (SSSR count). The van der Waals surface area contributed by atoms with Crippen molar-refractivity contribution in [2.45, 2.75) is 19.4 Å². The lowest BCUT2D eigenvalue weighted by Gasteiger charge is -2.16. The van der Waals surface area contributed by atoms with Gasteiger partial charge in [-0.1, -0.05) is 42.5 Å². The lowest BCUT2D eigenvalue weighted by Crippen LogP contribution is -2.28. The summed E-state index contributed by atoms with van der Waals surface area (Å²) in [6.45, 7) is 1.92. The van der Waals surface area contributed by atoms with Crippen LogP contribution in [0.2, 0.25) is 0 Å². The normalized spacial score (nSPS) is 11.4. The van der Waals surface area contributed by atoms with Crippen LogP contribution in [0.25, 0.3) is 0 Å². The average molecular weight is 388 g/mol. The molecule has 0 heterocycles. The fraction of sp³-hybridized carbons (Fsp3) is 0.167. The van der Waals surface area contributed by atoms with Gasteiger partial charge in [0.25, 0.3) is 5.91 Å². The number of hydrogen-bond donors (Lipinski definition) is 2. The standard InChI is InChI=1S/C24H24N2O3/c1-17(25-23(27)15-18-11-13-22(29-2)14-12-18)20-9-6-10-21(16-20)26-24(28)19-7-4-3-5-8-19/h3-14,16-17H,15H2,1-2H3,(H,25,27)(H,26,28)/t17-/m1/s1. The third-order valence-corrected chi connectivity index (χ3v) is 4.58. The molecule has 0 aliphatic rings. The molecule has 3 aromatic rings. The first kappa shape index (κ1) is 20.1. The number of amides is 2. The van der Waals surface area contributed by atoms with Crippen molar-refractivity contribution >= 4 is 17.5 Å². The smallest absolute Gasteiger partial charge is 0.255 e. The molecule has 29 heavy (non-hydrogen) atoms. The van der Waals surface area contributed by atoms with E-state index in [0.717, 1.165) is 16.9 Å². The van der Waals surface area contributed by atoms with Gasteiger partial charge in [-0.05, 0) is 54.4 Å². The minimum atomic E-state index is -0.186. The van der Waals surface area contributed by atoms with Crippen molar-refractivity contribution in [1.29, 1.82) is 0 Å². The minimum absolute atomic E-state index is 0.0682. The van der Waals surface area contributed by atoms with Crippen molar-refractivity contribution in [1.82, 2.24) is 5.32 Å². The second-order valence-electron chi connectivity index (χ2n) is 6.76. The van der Waals surface area contributed by atoms with Gasteiger partial charge in [0.15, 0.2) is 0 Å². The second-order valence-corrected chi connectivity index (χ2v) is 6.76. The van der Waals surface area contributed by atoms with Gasteiger partial charge in [-0.25, -0.2) is 0 Å². The second kappa shape index (κ2) is 9.55. The summed E-state index contributed by atoms with van der Waals surface area (Å²) in [5.41, 5.74) is 3.12. The summed E-state index contributed by atoms with van der Waals surface area (Å²) in [7, 11) is 1.61. The van der Waals surface area contributed by atoms with E-state index in [2.05, 4.69) is 10.6 Å². The third kappa shape index (κ3) is 5.69. The molecule has 0 aliphatic carbocycles. The molecule has 1 atom stereocenters. The zero-order valence-electron chi connectivity index (χ0n) is 16.5. The molecule has 0 spiro atoms. The van der Waals surface area contributed by atoms with E-state index in [1.165, 1.54) is 0 Å². The van der Waals surface area contributed by atoms with Gasteiger partial charge < -0.3 is 15.4 Å². The number of methoxy groups -OCH3 is 1. The van der Waals surface area contributed by atoms with Gasteiger partial charge in [-0.3, -0.25) is 9.59 Å². The summed E-state index contributed by atoms with van der Waals surface area (Å²) >= 11 is 0. The molecular weight excluding hydrogens is 364 g/mol. The van der Waals surface area contributed by atoms with Gasteiger partial charge in [-0.15, -0.1) is 0 Å². The Labute approximate surface area is 170 Å². The molecule has 148 valence electrons. The molecule has 3 aromatic carbocycles. The van der Waals surface area contributed by atoms with E-state index in [1.54, 1.807) is 19.2 Å². The predicted molar refractivity (Wildman–Crippen MR) is 114 cm³/mol. The molecule has 0 unspecified atom stereocenters. The van der Waals surface area contributed by atoms with E-state index in [9.17, 15) is 9.59 Å². The molecule has 2 N–H and O–H groups in total. The number of carbonyl (C=O) groups excluding carboxylic acids is 2. The summed E-state index contributed by atoms with van der Waals surface area (Å²) in [4.78, 5) is 24.7. The van der Waals surface area contributed by atoms with Crippen LogP contribution < -0.4 is 15.4 Å². The zero-order chi connectivity index (χ0) is 20.6. The molecule has 0 aromatic heterocycles. The number of hydrogen-bond acceptors (Lipinski definition) is 3. The summed E-state index contributed by atoms with van der Waals surface area (Å²) < 4.78 is 5.13. The van der Waals surface area contributed by atoms with Crippen LogP contribution in [0.5, 0.6) is 5.75 Å². The molecule has 0 saturated carbocycles. The summed E-state index contributed by atoms with van der Waals surface area (Å²) in [5.74, 6) is 0.525. The molecular formula is C24H24N2O3. The van der Waals surface area contributed by atoms with Crippen molar-refractivity contribution in [3.8, 4) is 5.75 Å². The Morgan fingerprint density at radius 2 is 1.66 bits per heavy atom. The highest BCUT2D eigenvalue weighted by molar-refractivity contribution is 6.04. The number of nitrogens with one attached hydrogen (secondary N) is 2. The van der Waals surface area contributed by atoms with Crippen LogP contribution >= 0.6 is 0 Å². The van der Waals surface area contributed by atoms with Crippen molar-refractivity contribution in [2.75, 3.05) is 12.4 Å². The van der Waals surface area contributed by atoms with Gasteiger partial charge in [0.2, 0.25) is 5.91 Å². The third-order valence-electron chi connectivity index (χ3n) is 4.58.